The SMILES string of the molecule is Br.Br.[O]=[W]=[O]. The van der Waals surface area contributed by atoms with E-state index in [2.05, 4.69) is 0 Å². The molecule has 2 nitrogen and oxygen atoms in total. The summed E-state index contributed by atoms with van der Waals surface area (Å²) in [7, 11) is 0. The van der Waals surface area contributed by atoms with Gasteiger partial charge in [0.25, 0.3) is 0 Å². The first-order chi connectivity index (χ1) is 1.41. The summed E-state index contributed by atoms with van der Waals surface area (Å²) >= 11 is -2.25. The quantitative estimate of drug-likeness (QED) is 0.629. The molecular weight excluding hydrogens is 376 g/mol. The maximum absolute atomic E-state index is 8.54. The molecule has 0 N–H and O–H groups in total. The summed E-state index contributed by atoms with van der Waals surface area (Å²) in [5.41, 5.74) is 0. The Kier molecular flexibility index (Phi) is 61.1. The zero-order chi connectivity index (χ0) is 2.71. The van der Waals surface area contributed by atoms with Crippen LogP contribution in [0.1, 0.15) is 0 Å². The van der Waals surface area contributed by atoms with Crippen LogP contribution in [0, 0.1) is 0 Å². The molecule has 0 spiro atoms. The van der Waals surface area contributed by atoms with Crippen LogP contribution < -0.4 is 0 Å². The van der Waals surface area contributed by atoms with Crippen LogP contribution in [-0.2, 0) is 25.3 Å². The molecule has 0 heterocycles. The number of hydrogen-bond donors (Lipinski definition) is 0. The standard InChI is InChI=1S/2BrH.2O.W/h2*1H;;;. The van der Waals surface area contributed by atoms with E-state index >= 15 is 0 Å². The van der Waals surface area contributed by atoms with Gasteiger partial charge in [-0.15, -0.1) is 34.0 Å². The molecule has 0 aromatic rings. The zero-order valence-corrected chi connectivity index (χ0v) is 8.40. The molecule has 0 aromatic carbocycles. The van der Waals surface area contributed by atoms with Crippen molar-refractivity contribution < 1.29 is 25.3 Å². The van der Waals surface area contributed by atoms with Crippen LogP contribution in [0.25, 0.3) is 0 Å². The number of rotatable bonds is 0. The second-order valence-electron chi connectivity index (χ2n) is 0.0680. The minimum absolute atomic E-state index is 0. The topological polar surface area (TPSA) is 34.1 Å². The number of halogens is 2. The first-order valence-electron chi connectivity index (χ1n) is 0.333. The third kappa shape index (κ3) is 35.5. The molecule has 0 aliphatic rings. The van der Waals surface area contributed by atoms with Gasteiger partial charge in [0.05, 0.1) is 0 Å². The van der Waals surface area contributed by atoms with Crippen molar-refractivity contribution in [2.24, 2.45) is 0 Å². The molecular formula is H2Br2O2W. The van der Waals surface area contributed by atoms with Crippen LogP contribution in [0.5, 0.6) is 0 Å². The molecule has 0 saturated carbocycles. The Labute approximate surface area is 59.0 Å². The summed E-state index contributed by atoms with van der Waals surface area (Å²) in [4.78, 5) is 0. The van der Waals surface area contributed by atoms with E-state index in [-0.39, 0.29) is 34.0 Å². The van der Waals surface area contributed by atoms with Gasteiger partial charge in [-0.3, -0.25) is 0 Å². The average Bonchev–Trinajstić information content (AvgIpc) is 0.918. The molecule has 0 unspecified atom stereocenters. The molecule has 5 heavy (non-hydrogen) atoms. The normalized spacial score (nSPS) is 2.40. The van der Waals surface area contributed by atoms with Crippen molar-refractivity contribution in [3.05, 3.63) is 0 Å². The minimum atomic E-state index is -2.25. The Morgan fingerprint density at radius 1 is 1.00 bits per heavy atom. The molecule has 0 amide bonds. The van der Waals surface area contributed by atoms with Gasteiger partial charge in [0, 0.05) is 0 Å². The molecule has 0 aliphatic heterocycles. The Balaban J connectivity index is -0.0000000200. The van der Waals surface area contributed by atoms with Gasteiger partial charge in [-0.05, 0) is 0 Å². The predicted octanol–water partition coefficient (Wildman–Crippen LogP) is 0.916. The van der Waals surface area contributed by atoms with Gasteiger partial charge in [0.2, 0.25) is 0 Å². The van der Waals surface area contributed by atoms with Crippen molar-refractivity contribution in [1.82, 2.24) is 0 Å². The van der Waals surface area contributed by atoms with Gasteiger partial charge in [-0.25, -0.2) is 0 Å². The molecule has 0 rings (SSSR count). The molecule has 0 aromatic heterocycles. The Morgan fingerprint density at radius 2 is 1.00 bits per heavy atom. The van der Waals surface area contributed by atoms with E-state index in [9.17, 15) is 0 Å². The zero-order valence-electron chi connectivity index (χ0n) is 2.04. The first kappa shape index (κ1) is 16.3. The molecule has 0 atom stereocenters. The fourth-order valence-electron chi connectivity index (χ4n) is 0. The molecule has 0 fully saturated rings. The van der Waals surface area contributed by atoms with Crippen molar-refractivity contribution in [3.63, 3.8) is 0 Å². The molecule has 5 heteroatoms. The van der Waals surface area contributed by atoms with Gasteiger partial charge >= 0.3 is 25.3 Å². The molecule has 0 bridgehead atoms. The fourth-order valence-corrected chi connectivity index (χ4v) is 0. The summed E-state index contributed by atoms with van der Waals surface area (Å²) in [5.74, 6) is 0. The third-order valence-electron chi connectivity index (χ3n) is 0. The average molecular weight is 378 g/mol. The van der Waals surface area contributed by atoms with Gasteiger partial charge in [-0.2, -0.15) is 0 Å². The van der Waals surface area contributed by atoms with E-state index in [1.54, 1.807) is 0 Å². The van der Waals surface area contributed by atoms with Crippen LogP contribution >= 0.6 is 34.0 Å². The summed E-state index contributed by atoms with van der Waals surface area (Å²) in [6, 6.07) is 0. The summed E-state index contributed by atoms with van der Waals surface area (Å²) in [5, 5.41) is 0. The van der Waals surface area contributed by atoms with E-state index in [0.717, 1.165) is 0 Å². The van der Waals surface area contributed by atoms with Crippen molar-refractivity contribution in [3.8, 4) is 0 Å². The van der Waals surface area contributed by atoms with Crippen LogP contribution in [0.15, 0.2) is 0 Å². The second kappa shape index (κ2) is 18.7. The van der Waals surface area contributed by atoms with Crippen molar-refractivity contribution in [2.75, 3.05) is 0 Å². The van der Waals surface area contributed by atoms with Crippen LogP contribution in [0.4, 0.5) is 0 Å². The van der Waals surface area contributed by atoms with Gasteiger partial charge in [0.15, 0.2) is 0 Å². The van der Waals surface area contributed by atoms with Crippen LogP contribution in [0.3, 0.4) is 0 Å². The monoisotopic (exact) mass is 376 g/mol. The van der Waals surface area contributed by atoms with Gasteiger partial charge in [0.1, 0.15) is 0 Å². The maximum atomic E-state index is 8.54. The molecule has 0 radical (unpaired) electrons. The Hall–Kier alpha value is 1.25. The number of hydrogen-bond acceptors (Lipinski definition) is 2. The predicted molar refractivity (Wildman–Crippen MR) is 22.0 cm³/mol. The molecule has 34 valence electrons. The van der Waals surface area contributed by atoms with E-state index in [4.69, 9.17) is 6.80 Å². The second-order valence-corrected chi connectivity index (χ2v) is 0.557. The summed E-state index contributed by atoms with van der Waals surface area (Å²) in [6.45, 7) is 0. The van der Waals surface area contributed by atoms with Crippen LogP contribution in [-0.4, -0.2) is 0 Å². The van der Waals surface area contributed by atoms with Gasteiger partial charge < -0.3 is 0 Å². The summed E-state index contributed by atoms with van der Waals surface area (Å²) in [6.07, 6.45) is 0. The molecule has 0 aliphatic carbocycles. The van der Waals surface area contributed by atoms with E-state index in [1.165, 1.54) is 0 Å². The van der Waals surface area contributed by atoms with Crippen molar-refractivity contribution in [1.29, 1.82) is 0 Å². The van der Waals surface area contributed by atoms with E-state index in [0.29, 0.717) is 0 Å². The van der Waals surface area contributed by atoms with Crippen molar-refractivity contribution in [2.45, 2.75) is 0 Å². The van der Waals surface area contributed by atoms with E-state index in [1.807, 2.05) is 0 Å². The molecule has 0 saturated heterocycles. The van der Waals surface area contributed by atoms with E-state index < -0.39 is 18.5 Å². The fraction of sp³-hybridized carbons (Fsp3) is 0. The van der Waals surface area contributed by atoms with Crippen molar-refractivity contribution >= 4 is 34.0 Å². The summed E-state index contributed by atoms with van der Waals surface area (Å²) < 4.78 is 17.1. The van der Waals surface area contributed by atoms with Gasteiger partial charge in [-0.1, -0.05) is 0 Å². The third-order valence-corrected chi connectivity index (χ3v) is 0. The Morgan fingerprint density at radius 3 is 1.00 bits per heavy atom. The van der Waals surface area contributed by atoms with Crippen LogP contribution in [0.2, 0.25) is 0 Å². The first-order valence-corrected chi connectivity index (χ1v) is 2.73. The Bertz CT molecular complexity index is 28.6.